The van der Waals surface area contributed by atoms with E-state index in [4.69, 9.17) is 17.2 Å². The lowest BCUT2D eigenvalue weighted by Gasteiger charge is -2.21. The molecule has 1 aliphatic rings. The van der Waals surface area contributed by atoms with Crippen LogP contribution in [0.5, 0.6) is 0 Å². The lowest BCUT2D eigenvalue weighted by atomic mass is 10.1. The number of benzene rings is 1. The zero-order chi connectivity index (χ0) is 23.7. The molecular formula is C25H26N4O2S2. The zero-order valence-electron chi connectivity index (χ0n) is 19.1. The number of aromatic nitrogens is 2. The molecule has 1 fully saturated rings. The van der Waals surface area contributed by atoms with E-state index in [0.29, 0.717) is 32.8 Å². The van der Waals surface area contributed by atoms with E-state index in [2.05, 4.69) is 5.32 Å². The van der Waals surface area contributed by atoms with E-state index in [9.17, 15) is 9.59 Å². The summed E-state index contributed by atoms with van der Waals surface area (Å²) in [5.41, 5.74) is 3.85. The van der Waals surface area contributed by atoms with E-state index in [0.717, 1.165) is 17.5 Å². The van der Waals surface area contributed by atoms with Crippen LogP contribution in [-0.4, -0.2) is 30.6 Å². The summed E-state index contributed by atoms with van der Waals surface area (Å²) >= 11 is 6.68. The van der Waals surface area contributed by atoms with Crippen molar-refractivity contribution in [3.05, 3.63) is 80.1 Å². The molecule has 0 saturated carbocycles. The van der Waals surface area contributed by atoms with Gasteiger partial charge in [-0.2, -0.15) is 0 Å². The van der Waals surface area contributed by atoms with Crippen LogP contribution in [0.15, 0.2) is 52.3 Å². The first kappa shape index (κ1) is 23.2. The number of pyridine rings is 1. The van der Waals surface area contributed by atoms with Gasteiger partial charge in [0.1, 0.15) is 15.8 Å². The molecule has 1 unspecified atom stereocenters. The fourth-order valence-corrected chi connectivity index (χ4v) is 5.03. The van der Waals surface area contributed by atoms with Gasteiger partial charge in [-0.3, -0.25) is 18.9 Å². The Hall–Kier alpha value is -2.97. The summed E-state index contributed by atoms with van der Waals surface area (Å²) in [5.74, 6) is 0.274. The molecule has 6 nitrogen and oxygen atoms in total. The molecule has 0 aliphatic carbocycles. The van der Waals surface area contributed by atoms with Crippen molar-refractivity contribution < 1.29 is 4.79 Å². The summed E-state index contributed by atoms with van der Waals surface area (Å²) in [7, 11) is 0. The van der Waals surface area contributed by atoms with Crippen LogP contribution >= 0.6 is 24.0 Å². The first-order valence-electron chi connectivity index (χ1n) is 10.9. The molecule has 0 spiro atoms. The van der Waals surface area contributed by atoms with Crippen molar-refractivity contribution in [2.24, 2.45) is 0 Å². The number of carbonyl (C=O) groups excluding carboxylic acids is 1. The minimum Gasteiger partial charge on any atom is -0.365 e. The Morgan fingerprint density at radius 3 is 2.52 bits per heavy atom. The van der Waals surface area contributed by atoms with Gasteiger partial charge in [-0.15, -0.1) is 0 Å². The lowest BCUT2D eigenvalue weighted by molar-refractivity contribution is -0.123. The molecule has 1 aliphatic heterocycles. The molecule has 170 valence electrons. The average Bonchev–Trinajstić information content (AvgIpc) is 3.08. The van der Waals surface area contributed by atoms with Gasteiger partial charge in [0.2, 0.25) is 0 Å². The van der Waals surface area contributed by atoms with Crippen molar-refractivity contribution in [1.29, 1.82) is 0 Å². The third-order valence-corrected chi connectivity index (χ3v) is 7.05. The number of hydrogen-bond acceptors (Lipinski definition) is 6. The van der Waals surface area contributed by atoms with Crippen LogP contribution in [-0.2, 0) is 11.3 Å². The zero-order valence-corrected chi connectivity index (χ0v) is 20.7. The second kappa shape index (κ2) is 9.49. The number of aryl methyl sites for hydroxylation is 2. The Labute approximate surface area is 202 Å². The molecule has 2 aromatic heterocycles. The summed E-state index contributed by atoms with van der Waals surface area (Å²) in [4.78, 5) is 33.3. The molecule has 1 N–H and O–H groups in total. The second-order valence-electron chi connectivity index (χ2n) is 8.26. The van der Waals surface area contributed by atoms with E-state index in [1.165, 1.54) is 21.7 Å². The maximum atomic E-state index is 13.5. The van der Waals surface area contributed by atoms with E-state index >= 15 is 0 Å². The van der Waals surface area contributed by atoms with Crippen molar-refractivity contribution in [1.82, 2.24) is 14.3 Å². The van der Waals surface area contributed by atoms with Crippen LogP contribution in [0.2, 0.25) is 0 Å². The molecule has 1 aromatic carbocycles. The Morgan fingerprint density at radius 2 is 1.82 bits per heavy atom. The first-order chi connectivity index (χ1) is 15.8. The molecule has 8 heteroatoms. The number of rotatable bonds is 6. The molecule has 1 atom stereocenters. The largest absolute Gasteiger partial charge is 0.365 e. The van der Waals surface area contributed by atoms with E-state index < -0.39 is 0 Å². The lowest BCUT2D eigenvalue weighted by Crippen LogP contribution is -2.36. The number of amides is 1. The van der Waals surface area contributed by atoms with E-state index in [1.54, 1.807) is 17.2 Å². The van der Waals surface area contributed by atoms with Gasteiger partial charge < -0.3 is 5.32 Å². The summed E-state index contributed by atoms with van der Waals surface area (Å²) in [6.07, 6.45) is 4.18. The number of nitrogens with one attached hydrogen (secondary N) is 1. The van der Waals surface area contributed by atoms with Gasteiger partial charge in [-0.05, 0) is 50.5 Å². The molecule has 0 bridgehead atoms. The van der Waals surface area contributed by atoms with Crippen LogP contribution in [0.1, 0.15) is 42.5 Å². The van der Waals surface area contributed by atoms with Crippen LogP contribution in [0.4, 0.5) is 5.82 Å². The molecular weight excluding hydrogens is 452 g/mol. The summed E-state index contributed by atoms with van der Waals surface area (Å²) in [5, 5.41) is 3.31. The predicted octanol–water partition coefficient (Wildman–Crippen LogP) is 4.92. The molecule has 3 heterocycles. The Morgan fingerprint density at radius 1 is 1.12 bits per heavy atom. The summed E-state index contributed by atoms with van der Waals surface area (Å²) < 4.78 is 2.03. The van der Waals surface area contributed by atoms with Crippen LogP contribution in [0.3, 0.4) is 0 Å². The quantitative estimate of drug-likeness (QED) is 0.401. The van der Waals surface area contributed by atoms with Gasteiger partial charge in [0.15, 0.2) is 0 Å². The van der Waals surface area contributed by atoms with Crippen LogP contribution in [0.25, 0.3) is 11.7 Å². The molecule has 1 amide bonds. The summed E-state index contributed by atoms with van der Waals surface area (Å²) in [6.45, 7) is 8.45. The molecule has 33 heavy (non-hydrogen) atoms. The smallest absolute Gasteiger partial charge is 0.267 e. The van der Waals surface area contributed by atoms with Gasteiger partial charge in [0.05, 0.1) is 10.5 Å². The normalized spacial score (nSPS) is 16.1. The fourth-order valence-electron chi connectivity index (χ4n) is 3.59. The van der Waals surface area contributed by atoms with E-state index in [1.807, 2.05) is 64.1 Å². The van der Waals surface area contributed by atoms with Crippen molar-refractivity contribution in [2.75, 3.05) is 5.32 Å². The minimum absolute atomic E-state index is 0.000933. The van der Waals surface area contributed by atoms with Crippen molar-refractivity contribution >= 4 is 51.7 Å². The number of fused-ring (bicyclic) bond motifs is 1. The Kier molecular flexibility index (Phi) is 6.67. The maximum absolute atomic E-state index is 13.5. The minimum atomic E-state index is -0.232. The number of hydrogen-bond donors (Lipinski definition) is 1. The Balaban J connectivity index is 1.79. The van der Waals surface area contributed by atoms with Gasteiger partial charge in [0.25, 0.3) is 11.5 Å². The standard InChI is InChI=1S/C25H26N4O2S2/c1-5-17(4)29-24(31)20(33-25(29)32)12-19-22(26-13-18-9-6-15(2)7-10-18)27-21-11-8-16(3)14-28(21)23(19)30/h6-12,14,17,26H,5,13H2,1-4H3/b20-12-. The van der Waals surface area contributed by atoms with Gasteiger partial charge in [-0.1, -0.05) is 66.8 Å². The number of thiocarbonyl (C=S) groups is 1. The van der Waals surface area contributed by atoms with Gasteiger partial charge in [-0.25, -0.2) is 4.98 Å². The highest BCUT2D eigenvalue weighted by molar-refractivity contribution is 8.26. The van der Waals surface area contributed by atoms with Crippen molar-refractivity contribution in [2.45, 2.75) is 46.7 Å². The number of thioether (sulfide) groups is 1. The SMILES string of the molecule is CCC(C)N1C(=O)/C(=C/c2c(NCc3ccc(C)cc3)nc3ccc(C)cn3c2=O)SC1=S. The number of anilines is 1. The average molecular weight is 479 g/mol. The first-order valence-corrected chi connectivity index (χ1v) is 12.1. The maximum Gasteiger partial charge on any atom is 0.267 e. The van der Waals surface area contributed by atoms with Gasteiger partial charge >= 0.3 is 0 Å². The van der Waals surface area contributed by atoms with Crippen molar-refractivity contribution in [3.63, 3.8) is 0 Å². The fraction of sp³-hybridized carbons (Fsp3) is 0.280. The van der Waals surface area contributed by atoms with Gasteiger partial charge in [0, 0.05) is 18.8 Å². The predicted molar refractivity (Wildman–Crippen MR) is 139 cm³/mol. The number of nitrogens with zero attached hydrogens (tertiary/aromatic N) is 3. The molecule has 1 saturated heterocycles. The van der Waals surface area contributed by atoms with E-state index in [-0.39, 0.29) is 17.5 Å². The third kappa shape index (κ3) is 4.72. The third-order valence-electron chi connectivity index (χ3n) is 5.72. The second-order valence-corrected chi connectivity index (χ2v) is 9.94. The van der Waals surface area contributed by atoms with Crippen molar-refractivity contribution in [3.8, 4) is 0 Å². The Bertz CT molecular complexity index is 1330. The highest BCUT2D eigenvalue weighted by Gasteiger charge is 2.35. The highest BCUT2D eigenvalue weighted by atomic mass is 32.2. The number of carbonyl (C=O) groups is 1. The molecule has 0 radical (unpaired) electrons. The summed E-state index contributed by atoms with van der Waals surface area (Å²) in [6, 6.07) is 11.9. The topological polar surface area (TPSA) is 66.7 Å². The van der Waals surface area contributed by atoms with Crippen LogP contribution in [0, 0.1) is 13.8 Å². The monoisotopic (exact) mass is 478 g/mol. The molecule has 3 aromatic rings. The highest BCUT2D eigenvalue weighted by Crippen LogP contribution is 2.34. The molecule has 4 rings (SSSR count). The van der Waals surface area contributed by atoms with Crippen LogP contribution < -0.4 is 10.9 Å².